The highest BCUT2D eigenvalue weighted by molar-refractivity contribution is 7.47. The van der Waals surface area contributed by atoms with Gasteiger partial charge in [0.1, 0.15) is 5.60 Å². The maximum Gasteiger partial charge on any atom is 0.410 e. The summed E-state index contributed by atoms with van der Waals surface area (Å²) >= 11 is 0. The van der Waals surface area contributed by atoms with Gasteiger partial charge in [0.15, 0.2) is 8.38 Å². The number of carbonyl (C=O) groups is 1. The monoisotopic (exact) mass is 361 g/mol. The number of ether oxygens (including phenoxy) is 1. The minimum absolute atomic E-state index is 0.167. The summed E-state index contributed by atoms with van der Waals surface area (Å²) in [6, 6.07) is 0. The Labute approximate surface area is 149 Å². The molecule has 0 bridgehead atoms. The Kier molecular flexibility index (Phi) is 10.2. The average Bonchev–Trinajstić information content (AvgIpc) is 2.72. The fraction of sp³-hybridized carbons (Fsp3) is 0.944. The van der Waals surface area contributed by atoms with Gasteiger partial charge in [0.05, 0.1) is 13.2 Å². The molecule has 0 aromatic rings. The van der Waals surface area contributed by atoms with Crippen molar-refractivity contribution < 1.29 is 18.6 Å². The summed E-state index contributed by atoms with van der Waals surface area (Å²) in [5.74, 6) is 0.692. The third-order valence-electron chi connectivity index (χ3n) is 4.00. The Morgan fingerprint density at radius 2 is 1.79 bits per heavy atom. The highest BCUT2D eigenvalue weighted by atomic mass is 31.2. The molecule has 1 heterocycles. The van der Waals surface area contributed by atoms with E-state index in [0.29, 0.717) is 5.92 Å². The second-order valence-electron chi connectivity index (χ2n) is 7.30. The first-order valence-corrected chi connectivity index (χ1v) is 10.7. The molecule has 0 N–H and O–H groups in total. The molecule has 0 aliphatic carbocycles. The van der Waals surface area contributed by atoms with Crippen molar-refractivity contribution in [2.45, 2.75) is 72.3 Å². The normalized spacial score (nSPS) is 19.4. The van der Waals surface area contributed by atoms with Crippen LogP contribution in [0.15, 0.2) is 0 Å². The first-order valence-electron chi connectivity index (χ1n) is 9.37. The number of nitrogens with zero attached hydrogens (tertiary/aromatic N) is 1. The second kappa shape index (κ2) is 11.3. The molecule has 1 atom stereocenters. The molecule has 0 aromatic carbocycles. The molecule has 0 spiro atoms. The number of hydrogen-bond donors (Lipinski definition) is 0. The van der Waals surface area contributed by atoms with Crippen LogP contribution in [0.4, 0.5) is 4.79 Å². The zero-order chi connectivity index (χ0) is 18.0. The summed E-state index contributed by atoms with van der Waals surface area (Å²) in [6.07, 6.45) is 6.52. The fourth-order valence-electron chi connectivity index (χ4n) is 2.93. The van der Waals surface area contributed by atoms with Crippen LogP contribution in [0, 0.1) is 5.92 Å². The summed E-state index contributed by atoms with van der Waals surface area (Å²) < 4.78 is 16.8. The van der Waals surface area contributed by atoms with Crippen LogP contribution in [0.3, 0.4) is 0 Å². The first kappa shape index (κ1) is 21.7. The number of amides is 1. The zero-order valence-electron chi connectivity index (χ0n) is 16.2. The van der Waals surface area contributed by atoms with Crippen molar-refractivity contribution >= 4 is 14.5 Å². The van der Waals surface area contributed by atoms with Gasteiger partial charge in [-0.05, 0) is 72.6 Å². The molecule has 1 aliphatic heterocycles. The molecular formula is C18H36NO4P. The molecule has 1 fully saturated rings. The molecule has 0 radical (unpaired) electrons. The van der Waals surface area contributed by atoms with Crippen molar-refractivity contribution in [3.8, 4) is 0 Å². The van der Waals surface area contributed by atoms with E-state index in [4.69, 9.17) is 13.8 Å². The van der Waals surface area contributed by atoms with Crippen LogP contribution in [0.5, 0.6) is 0 Å². The highest BCUT2D eigenvalue weighted by Gasteiger charge is 2.25. The number of rotatable bonds is 8. The Morgan fingerprint density at radius 3 is 2.38 bits per heavy atom. The molecule has 1 aliphatic rings. The lowest BCUT2D eigenvalue weighted by Crippen LogP contribution is -2.37. The summed E-state index contributed by atoms with van der Waals surface area (Å²) in [7, 11) is -0.714. The molecule has 24 heavy (non-hydrogen) atoms. The van der Waals surface area contributed by atoms with E-state index in [1.165, 1.54) is 12.8 Å². The number of hydrogen-bond acceptors (Lipinski definition) is 4. The predicted octanol–water partition coefficient (Wildman–Crippen LogP) is 5.19. The van der Waals surface area contributed by atoms with Gasteiger partial charge in [-0.3, -0.25) is 0 Å². The van der Waals surface area contributed by atoms with Crippen LogP contribution < -0.4 is 0 Å². The predicted molar refractivity (Wildman–Crippen MR) is 99.4 cm³/mol. The lowest BCUT2D eigenvalue weighted by molar-refractivity contribution is 0.0255. The van der Waals surface area contributed by atoms with E-state index in [1.54, 1.807) is 0 Å². The zero-order valence-corrected chi connectivity index (χ0v) is 17.1. The van der Waals surface area contributed by atoms with Crippen molar-refractivity contribution in [2.24, 2.45) is 5.92 Å². The molecule has 142 valence electrons. The molecule has 1 rings (SSSR count). The van der Waals surface area contributed by atoms with Crippen LogP contribution in [-0.2, 0) is 13.8 Å². The Hall–Kier alpha value is -0.380. The lowest BCUT2D eigenvalue weighted by Gasteiger charge is -2.26. The minimum Gasteiger partial charge on any atom is -0.444 e. The molecule has 1 unspecified atom stereocenters. The maximum atomic E-state index is 12.2. The van der Waals surface area contributed by atoms with Gasteiger partial charge in [-0.1, -0.05) is 0 Å². The molecule has 1 saturated heterocycles. The average molecular weight is 361 g/mol. The van der Waals surface area contributed by atoms with Crippen molar-refractivity contribution in [3.63, 3.8) is 0 Å². The van der Waals surface area contributed by atoms with E-state index in [2.05, 4.69) is 0 Å². The number of carbonyl (C=O) groups excluding carboxylic acids is 1. The lowest BCUT2D eigenvalue weighted by atomic mass is 9.96. The molecular weight excluding hydrogens is 325 g/mol. The smallest absolute Gasteiger partial charge is 0.410 e. The summed E-state index contributed by atoms with van der Waals surface area (Å²) in [5, 5.41) is 0. The van der Waals surface area contributed by atoms with Gasteiger partial charge in [-0.25, -0.2) is 4.79 Å². The Balaban J connectivity index is 2.31. The summed E-state index contributed by atoms with van der Waals surface area (Å²) in [6.45, 7) is 12.9. The van der Waals surface area contributed by atoms with Crippen molar-refractivity contribution in [1.29, 1.82) is 0 Å². The van der Waals surface area contributed by atoms with Gasteiger partial charge in [0.25, 0.3) is 0 Å². The van der Waals surface area contributed by atoms with E-state index < -0.39 is 14.0 Å². The van der Waals surface area contributed by atoms with E-state index in [1.807, 2.05) is 39.5 Å². The molecule has 0 saturated carbocycles. The SMILES string of the molecule is CCOP(CCCC1CCCN(C(=O)OC(C)(C)C)CC1)OCC. The summed E-state index contributed by atoms with van der Waals surface area (Å²) in [5.41, 5.74) is -0.418. The van der Waals surface area contributed by atoms with Gasteiger partial charge in [0, 0.05) is 19.3 Å². The van der Waals surface area contributed by atoms with E-state index in [9.17, 15) is 4.79 Å². The van der Waals surface area contributed by atoms with Crippen LogP contribution in [0.2, 0.25) is 0 Å². The summed E-state index contributed by atoms with van der Waals surface area (Å²) in [4.78, 5) is 14.1. The van der Waals surface area contributed by atoms with Crippen LogP contribution in [0.1, 0.15) is 66.7 Å². The molecule has 6 heteroatoms. The highest BCUT2D eigenvalue weighted by Crippen LogP contribution is 2.39. The van der Waals surface area contributed by atoms with Crippen molar-refractivity contribution in [1.82, 2.24) is 4.90 Å². The first-order chi connectivity index (χ1) is 11.4. The Bertz CT molecular complexity index is 353. The Morgan fingerprint density at radius 1 is 1.12 bits per heavy atom. The largest absolute Gasteiger partial charge is 0.444 e. The van der Waals surface area contributed by atoms with Gasteiger partial charge in [0.2, 0.25) is 0 Å². The van der Waals surface area contributed by atoms with E-state index in [-0.39, 0.29) is 6.09 Å². The van der Waals surface area contributed by atoms with Crippen LogP contribution >= 0.6 is 8.38 Å². The second-order valence-corrected chi connectivity index (χ2v) is 8.93. The molecule has 0 aromatic heterocycles. The topological polar surface area (TPSA) is 48.0 Å². The van der Waals surface area contributed by atoms with E-state index >= 15 is 0 Å². The third-order valence-corrected chi connectivity index (χ3v) is 5.77. The maximum absolute atomic E-state index is 12.2. The van der Waals surface area contributed by atoms with E-state index in [0.717, 1.165) is 51.7 Å². The molecule has 5 nitrogen and oxygen atoms in total. The van der Waals surface area contributed by atoms with Crippen molar-refractivity contribution in [2.75, 3.05) is 32.5 Å². The molecule has 1 amide bonds. The van der Waals surface area contributed by atoms with Crippen LogP contribution in [-0.4, -0.2) is 49.1 Å². The minimum atomic E-state index is -0.714. The van der Waals surface area contributed by atoms with Gasteiger partial charge >= 0.3 is 6.09 Å². The quantitative estimate of drug-likeness (QED) is 0.558. The fourth-order valence-corrected chi connectivity index (χ4v) is 4.28. The van der Waals surface area contributed by atoms with Gasteiger partial charge < -0.3 is 18.7 Å². The number of likely N-dealkylation sites (tertiary alicyclic amines) is 1. The van der Waals surface area contributed by atoms with Crippen molar-refractivity contribution in [3.05, 3.63) is 0 Å². The van der Waals surface area contributed by atoms with Gasteiger partial charge in [-0.2, -0.15) is 0 Å². The van der Waals surface area contributed by atoms with Gasteiger partial charge in [-0.15, -0.1) is 0 Å². The standard InChI is InChI=1S/C18H36NO4P/c1-6-21-24(22-7-2)15-9-11-16-10-8-13-19(14-12-16)17(20)23-18(3,4)5/h16H,6-15H2,1-5H3. The third kappa shape index (κ3) is 9.19. The van der Waals surface area contributed by atoms with Crippen LogP contribution in [0.25, 0.3) is 0 Å².